The van der Waals surface area contributed by atoms with Gasteiger partial charge in [-0.1, -0.05) is 38.1 Å². The molecular weight excluding hydrogens is 665 g/mol. The van der Waals surface area contributed by atoms with Gasteiger partial charge >= 0.3 is 0 Å². The van der Waals surface area contributed by atoms with Crippen molar-refractivity contribution in [2.45, 2.75) is 40.5 Å². The van der Waals surface area contributed by atoms with E-state index in [1.165, 1.54) is 18.2 Å². The van der Waals surface area contributed by atoms with Gasteiger partial charge in [-0.05, 0) is 112 Å². The number of halogens is 5. The Hall–Kier alpha value is -3.43. The van der Waals surface area contributed by atoms with Crippen LogP contribution in [0, 0.1) is 31.3 Å². The highest BCUT2D eigenvalue weighted by atomic mass is 79.9. The zero-order valence-electron chi connectivity index (χ0n) is 22.9. The van der Waals surface area contributed by atoms with Crippen LogP contribution in [-0.4, -0.2) is 17.7 Å². The molecule has 0 spiro atoms. The van der Waals surface area contributed by atoms with E-state index in [0.717, 1.165) is 11.8 Å². The second kappa shape index (κ2) is 16.1. The summed E-state index contributed by atoms with van der Waals surface area (Å²) >= 11 is 6.47. The molecule has 0 atom stereocenters. The van der Waals surface area contributed by atoms with Crippen molar-refractivity contribution >= 4 is 44.4 Å². The van der Waals surface area contributed by atoms with Crippen molar-refractivity contribution in [3.63, 3.8) is 0 Å². The Kier molecular flexibility index (Phi) is 13.3. The van der Waals surface area contributed by atoms with Gasteiger partial charge in [0.05, 0.1) is 0 Å². The Morgan fingerprint density at radius 3 is 1.76 bits per heavy atom. The summed E-state index contributed by atoms with van der Waals surface area (Å²) in [6.07, 6.45) is 2.67. The number of carbonyl (C=O) groups is 2. The summed E-state index contributed by atoms with van der Waals surface area (Å²) in [7, 11) is 0. The molecule has 4 aromatic carbocycles. The van der Waals surface area contributed by atoms with E-state index in [-0.39, 0.29) is 23.1 Å². The van der Waals surface area contributed by atoms with Crippen LogP contribution in [0.15, 0.2) is 69.6 Å². The largest absolute Gasteiger partial charge is 0.505 e. The number of hydrogen-bond acceptors (Lipinski definition) is 4. The molecule has 216 valence electrons. The molecule has 0 radical (unpaired) electrons. The Morgan fingerprint density at radius 1 is 0.707 bits per heavy atom. The fourth-order valence-electron chi connectivity index (χ4n) is 3.53. The molecule has 0 aliphatic heterocycles. The van der Waals surface area contributed by atoms with Crippen LogP contribution in [0.1, 0.15) is 56.8 Å². The van der Waals surface area contributed by atoms with Crippen LogP contribution in [0.3, 0.4) is 0 Å². The summed E-state index contributed by atoms with van der Waals surface area (Å²) in [5, 5.41) is 8.86. The van der Waals surface area contributed by atoms with E-state index in [1.54, 1.807) is 49.4 Å². The Balaban J connectivity index is 0.000000236. The number of ether oxygens (including phenoxy) is 1. The van der Waals surface area contributed by atoms with Crippen LogP contribution < -0.4 is 4.74 Å². The van der Waals surface area contributed by atoms with Gasteiger partial charge in [0.1, 0.15) is 11.6 Å². The van der Waals surface area contributed by atoms with Crippen LogP contribution >= 0.6 is 31.9 Å². The van der Waals surface area contributed by atoms with E-state index in [1.807, 2.05) is 20.8 Å². The number of phenols is 1. The average Bonchev–Trinajstić information content (AvgIpc) is 2.97. The monoisotopic (exact) mass is 692 g/mol. The third-order valence-electron chi connectivity index (χ3n) is 6.05. The normalized spacial score (nSPS) is 10.1. The molecule has 0 bridgehead atoms. The first-order chi connectivity index (χ1) is 19.5. The van der Waals surface area contributed by atoms with Crippen LogP contribution in [0.4, 0.5) is 13.2 Å². The summed E-state index contributed by atoms with van der Waals surface area (Å²) in [6.45, 7) is 7.17. The Bertz CT molecular complexity index is 1520. The van der Waals surface area contributed by atoms with Crippen LogP contribution in [0.5, 0.6) is 17.2 Å². The van der Waals surface area contributed by atoms with Gasteiger partial charge in [-0.2, -0.15) is 0 Å². The second-order valence-electron chi connectivity index (χ2n) is 8.69. The summed E-state index contributed by atoms with van der Waals surface area (Å²) in [4.78, 5) is 21.2. The zero-order chi connectivity index (χ0) is 30.7. The third kappa shape index (κ3) is 8.78. The summed E-state index contributed by atoms with van der Waals surface area (Å²) in [5.74, 6) is -0.690. The van der Waals surface area contributed by atoms with Crippen molar-refractivity contribution in [3.05, 3.63) is 120 Å². The zero-order valence-corrected chi connectivity index (χ0v) is 26.1. The van der Waals surface area contributed by atoms with Crippen LogP contribution in [0.25, 0.3) is 0 Å². The summed E-state index contributed by atoms with van der Waals surface area (Å²) in [6, 6.07) is 15.8. The molecule has 0 saturated heterocycles. The van der Waals surface area contributed by atoms with Crippen molar-refractivity contribution < 1.29 is 32.6 Å². The van der Waals surface area contributed by atoms with Crippen molar-refractivity contribution in [1.82, 2.24) is 0 Å². The molecule has 4 nitrogen and oxygen atoms in total. The number of benzene rings is 4. The number of aryl methyl sites for hydroxylation is 2. The molecule has 0 heterocycles. The van der Waals surface area contributed by atoms with Crippen molar-refractivity contribution in [2.75, 3.05) is 0 Å². The lowest BCUT2D eigenvalue weighted by atomic mass is 10.1. The predicted molar refractivity (Wildman–Crippen MR) is 162 cm³/mol. The minimum atomic E-state index is -0.495. The summed E-state index contributed by atoms with van der Waals surface area (Å²) in [5.41, 5.74) is 3.41. The number of aldehydes is 2. The molecule has 4 aromatic rings. The molecule has 1 N–H and O–H groups in total. The summed E-state index contributed by atoms with van der Waals surface area (Å²) < 4.78 is 46.5. The van der Waals surface area contributed by atoms with E-state index in [2.05, 4.69) is 31.9 Å². The van der Waals surface area contributed by atoms with Crippen molar-refractivity contribution in [3.8, 4) is 17.2 Å². The highest BCUT2D eigenvalue weighted by molar-refractivity contribution is 9.11. The maximum atomic E-state index is 14.1. The highest BCUT2D eigenvalue weighted by Gasteiger charge is 2.13. The molecule has 0 amide bonds. The lowest BCUT2D eigenvalue weighted by Gasteiger charge is -2.13. The first kappa shape index (κ1) is 33.8. The average molecular weight is 694 g/mol. The number of phenolic OH excluding ortho intramolecular Hbond substituents is 1. The fraction of sp³-hybridized carbons (Fsp3) is 0.188. The molecule has 0 fully saturated rings. The molecule has 41 heavy (non-hydrogen) atoms. The standard InChI is InChI=1S/C16H14BrFO2.C8H6BrFO.C8H9FO/c1-3-11-5-4-6-14(16(11)18)20-13-8-7-12(9-19)15(17)10(13)2;1-5-7(10)3-2-6(4-11)8(5)9;1-2-6-4-3-5-7(10)8(6)9/h4-9H,3H2,1-2H3;2-4H,1H3;3-5,10H,2H2,1H3. The molecule has 0 aliphatic rings. The molecule has 9 heteroatoms. The molecule has 0 aliphatic carbocycles. The van der Waals surface area contributed by atoms with Gasteiger partial charge in [0, 0.05) is 25.6 Å². The van der Waals surface area contributed by atoms with Crippen LogP contribution in [-0.2, 0) is 12.8 Å². The van der Waals surface area contributed by atoms with E-state index < -0.39 is 5.82 Å². The van der Waals surface area contributed by atoms with Gasteiger partial charge in [0.25, 0.3) is 0 Å². The number of hydrogen-bond donors (Lipinski definition) is 1. The predicted octanol–water partition coefficient (Wildman–Crippen LogP) is 9.87. The van der Waals surface area contributed by atoms with E-state index in [9.17, 15) is 22.8 Å². The third-order valence-corrected chi connectivity index (χ3v) is 8.16. The molecular formula is C32H29Br2F3O4. The lowest BCUT2D eigenvalue weighted by molar-refractivity contribution is 0.111. The number of rotatable bonds is 6. The topological polar surface area (TPSA) is 63.6 Å². The first-order valence-electron chi connectivity index (χ1n) is 12.6. The van der Waals surface area contributed by atoms with Gasteiger partial charge in [0.2, 0.25) is 0 Å². The van der Waals surface area contributed by atoms with Gasteiger partial charge < -0.3 is 9.84 Å². The minimum Gasteiger partial charge on any atom is -0.505 e. The van der Waals surface area contributed by atoms with Gasteiger partial charge in [-0.15, -0.1) is 0 Å². The number of aromatic hydroxyl groups is 1. The maximum Gasteiger partial charge on any atom is 0.168 e. The molecule has 0 aromatic heterocycles. The van der Waals surface area contributed by atoms with Gasteiger partial charge in [-0.25, -0.2) is 13.2 Å². The van der Waals surface area contributed by atoms with E-state index >= 15 is 0 Å². The smallest absolute Gasteiger partial charge is 0.168 e. The van der Waals surface area contributed by atoms with Crippen molar-refractivity contribution in [2.24, 2.45) is 0 Å². The van der Waals surface area contributed by atoms with Gasteiger partial charge in [-0.3, -0.25) is 9.59 Å². The SMILES string of the molecule is CCc1cccc(O)c1F.CCc1cccc(Oc2ccc(C=O)c(Br)c2C)c1F.Cc1c(F)ccc(C=O)c1Br. The molecule has 4 rings (SSSR count). The Morgan fingerprint density at radius 2 is 1.22 bits per heavy atom. The van der Waals surface area contributed by atoms with Gasteiger partial charge in [0.15, 0.2) is 35.7 Å². The maximum absolute atomic E-state index is 14.1. The highest BCUT2D eigenvalue weighted by Crippen LogP contribution is 2.33. The number of carbonyl (C=O) groups excluding carboxylic acids is 2. The molecule has 0 saturated carbocycles. The molecule has 0 unspecified atom stereocenters. The quantitative estimate of drug-likeness (QED) is 0.204. The van der Waals surface area contributed by atoms with Crippen molar-refractivity contribution in [1.29, 1.82) is 0 Å². The van der Waals surface area contributed by atoms with Crippen LogP contribution in [0.2, 0.25) is 0 Å². The first-order valence-corrected chi connectivity index (χ1v) is 14.1. The van der Waals surface area contributed by atoms with E-state index in [4.69, 9.17) is 9.84 Å². The Labute approximate surface area is 254 Å². The minimum absolute atomic E-state index is 0.193. The van der Waals surface area contributed by atoms with E-state index in [0.29, 0.717) is 61.6 Å². The second-order valence-corrected chi connectivity index (χ2v) is 10.3. The fourth-order valence-corrected chi connectivity index (χ4v) is 4.37. The lowest BCUT2D eigenvalue weighted by Crippen LogP contribution is -1.96.